The predicted octanol–water partition coefficient (Wildman–Crippen LogP) is 3.14. The summed E-state index contributed by atoms with van der Waals surface area (Å²) in [6, 6.07) is 6.60. The maximum absolute atomic E-state index is 4.16. The molecular weight excluding hydrogens is 246 g/mol. The molecule has 110 valence electrons. The van der Waals surface area contributed by atoms with Gasteiger partial charge < -0.3 is 5.32 Å². The van der Waals surface area contributed by atoms with Gasteiger partial charge in [0, 0.05) is 30.5 Å². The highest BCUT2D eigenvalue weighted by Crippen LogP contribution is 2.37. The summed E-state index contributed by atoms with van der Waals surface area (Å²) >= 11 is 0. The zero-order valence-corrected chi connectivity index (χ0v) is 12.6. The highest BCUT2D eigenvalue weighted by Gasteiger charge is 2.33. The Bertz CT molecular complexity index is 398. The Labute approximate surface area is 122 Å². The van der Waals surface area contributed by atoms with Gasteiger partial charge in [0.15, 0.2) is 0 Å². The van der Waals surface area contributed by atoms with Crippen LogP contribution in [0.2, 0.25) is 0 Å². The van der Waals surface area contributed by atoms with E-state index in [-0.39, 0.29) is 0 Å². The molecule has 1 atom stereocenters. The maximum atomic E-state index is 4.16. The molecule has 1 saturated heterocycles. The van der Waals surface area contributed by atoms with Gasteiger partial charge in [-0.05, 0) is 69.3 Å². The molecule has 2 fully saturated rings. The first-order valence-electron chi connectivity index (χ1n) is 8.27. The standard InChI is InChI=1S/C17H27N3/c1-2-19-15-5-7-16(8-6-15)20-13-3-4-17(20)14-9-11-18-12-10-14/h9-12,15-17,19H,2-8,13H2,1H3. The van der Waals surface area contributed by atoms with E-state index in [4.69, 9.17) is 0 Å². The number of likely N-dealkylation sites (tertiary alicyclic amines) is 1. The highest BCUT2D eigenvalue weighted by molar-refractivity contribution is 5.17. The molecule has 1 aliphatic heterocycles. The lowest BCUT2D eigenvalue weighted by molar-refractivity contribution is 0.131. The number of aromatic nitrogens is 1. The molecule has 0 bridgehead atoms. The summed E-state index contributed by atoms with van der Waals surface area (Å²) in [5, 5.41) is 3.61. The van der Waals surface area contributed by atoms with E-state index in [0.29, 0.717) is 6.04 Å². The number of hydrogen-bond donors (Lipinski definition) is 1. The summed E-state index contributed by atoms with van der Waals surface area (Å²) in [7, 11) is 0. The van der Waals surface area contributed by atoms with Crippen molar-refractivity contribution < 1.29 is 0 Å². The summed E-state index contributed by atoms with van der Waals surface area (Å²) in [5.41, 5.74) is 1.46. The molecule has 1 aliphatic carbocycles. The molecule has 3 rings (SSSR count). The molecule has 1 aromatic heterocycles. The van der Waals surface area contributed by atoms with Gasteiger partial charge in [0.1, 0.15) is 0 Å². The molecular formula is C17H27N3. The Morgan fingerprint density at radius 2 is 1.90 bits per heavy atom. The minimum atomic E-state index is 0.638. The largest absolute Gasteiger partial charge is 0.314 e. The molecule has 1 saturated carbocycles. The van der Waals surface area contributed by atoms with Gasteiger partial charge in [-0.3, -0.25) is 9.88 Å². The van der Waals surface area contributed by atoms with Gasteiger partial charge >= 0.3 is 0 Å². The first-order chi connectivity index (χ1) is 9.88. The predicted molar refractivity (Wildman–Crippen MR) is 82.6 cm³/mol. The lowest BCUT2D eigenvalue weighted by Gasteiger charge is -2.38. The van der Waals surface area contributed by atoms with Crippen LogP contribution >= 0.6 is 0 Å². The fourth-order valence-electron chi connectivity index (χ4n) is 4.07. The van der Waals surface area contributed by atoms with Gasteiger partial charge in [-0.1, -0.05) is 6.92 Å². The van der Waals surface area contributed by atoms with E-state index < -0.39 is 0 Å². The molecule has 3 nitrogen and oxygen atoms in total. The molecule has 3 heteroatoms. The molecule has 1 unspecified atom stereocenters. The fraction of sp³-hybridized carbons (Fsp3) is 0.706. The fourth-order valence-corrected chi connectivity index (χ4v) is 4.07. The van der Waals surface area contributed by atoms with Crippen molar-refractivity contribution in [3.63, 3.8) is 0 Å². The number of hydrogen-bond acceptors (Lipinski definition) is 3. The lowest BCUT2D eigenvalue weighted by Crippen LogP contribution is -2.42. The Balaban J connectivity index is 1.62. The van der Waals surface area contributed by atoms with Crippen LogP contribution in [-0.2, 0) is 0 Å². The lowest BCUT2D eigenvalue weighted by atomic mass is 9.89. The number of nitrogens with one attached hydrogen (secondary N) is 1. The van der Waals surface area contributed by atoms with Crippen molar-refractivity contribution in [3.8, 4) is 0 Å². The maximum Gasteiger partial charge on any atom is 0.0352 e. The third kappa shape index (κ3) is 3.04. The number of rotatable bonds is 4. The van der Waals surface area contributed by atoms with Crippen LogP contribution in [-0.4, -0.2) is 35.1 Å². The van der Waals surface area contributed by atoms with Crippen LogP contribution in [0, 0.1) is 0 Å². The van der Waals surface area contributed by atoms with E-state index in [1.807, 2.05) is 12.4 Å². The smallest absolute Gasteiger partial charge is 0.0352 e. The van der Waals surface area contributed by atoms with E-state index in [2.05, 4.69) is 34.3 Å². The van der Waals surface area contributed by atoms with E-state index in [9.17, 15) is 0 Å². The summed E-state index contributed by atoms with van der Waals surface area (Å²) in [4.78, 5) is 6.93. The van der Waals surface area contributed by atoms with E-state index in [0.717, 1.165) is 18.6 Å². The molecule has 0 radical (unpaired) electrons. The molecule has 0 aromatic carbocycles. The minimum Gasteiger partial charge on any atom is -0.314 e. The summed E-state index contributed by atoms with van der Waals surface area (Å²) < 4.78 is 0. The van der Waals surface area contributed by atoms with Gasteiger partial charge in [0.05, 0.1) is 0 Å². The molecule has 1 aromatic rings. The molecule has 0 amide bonds. The highest BCUT2D eigenvalue weighted by atomic mass is 15.2. The van der Waals surface area contributed by atoms with Crippen LogP contribution in [0.3, 0.4) is 0 Å². The Morgan fingerprint density at radius 3 is 2.60 bits per heavy atom. The Kier molecular flexibility index (Phi) is 4.69. The average molecular weight is 273 g/mol. The first-order valence-corrected chi connectivity index (χ1v) is 8.27. The molecule has 0 spiro atoms. The minimum absolute atomic E-state index is 0.638. The van der Waals surface area contributed by atoms with Crippen LogP contribution in [0.5, 0.6) is 0 Å². The van der Waals surface area contributed by atoms with Gasteiger partial charge in [0.25, 0.3) is 0 Å². The summed E-state index contributed by atoms with van der Waals surface area (Å²) in [6.45, 7) is 4.61. The van der Waals surface area contributed by atoms with E-state index in [1.54, 1.807) is 0 Å². The van der Waals surface area contributed by atoms with Crippen molar-refractivity contribution >= 4 is 0 Å². The third-order valence-electron chi connectivity index (χ3n) is 5.04. The van der Waals surface area contributed by atoms with Crippen molar-refractivity contribution in [2.75, 3.05) is 13.1 Å². The van der Waals surface area contributed by atoms with Crippen LogP contribution < -0.4 is 5.32 Å². The van der Waals surface area contributed by atoms with Crippen LogP contribution in [0.4, 0.5) is 0 Å². The third-order valence-corrected chi connectivity index (χ3v) is 5.04. The summed E-state index contributed by atoms with van der Waals surface area (Å²) in [5.74, 6) is 0. The average Bonchev–Trinajstić information content (AvgIpc) is 2.99. The zero-order chi connectivity index (χ0) is 13.8. The molecule has 1 N–H and O–H groups in total. The molecule has 2 heterocycles. The van der Waals surface area contributed by atoms with Crippen LogP contribution in [0.25, 0.3) is 0 Å². The normalized spacial score (nSPS) is 31.6. The Hall–Kier alpha value is -0.930. The van der Waals surface area contributed by atoms with Gasteiger partial charge in [0.2, 0.25) is 0 Å². The van der Waals surface area contributed by atoms with Crippen LogP contribution in [0.15, 0.2) is 24.5 Å². The second-order valence-corrected chi connectivity index (χ2v) is 6.24. The molecule has 20 heavy (non-hydrogen) atoms. The Morgan fingerprint density at radius 1 is 1.15 bits per heavy atom. The number of nitrogens with zero attached hydrogens (tertiary/aromatic N) is 2. The van der Waals surface area contributed by atoms with Crippen molar-refractivity contribution in [3.05, 3.63) is 30.1 Å². The van der Waals surface area contributed by atoms with Gasteiger partial charge in [-0.25, -0.2) is 0 Å². The quantitative estimate of drug-likeness (QED) is 0.913. The van der Waals surface area contributed by atoms with Gasteiger partial charge in [-0.2, -0.15) is 0 Å². The monoisotopic (exact) mass is 273 g/mol. The van der Waals surface area contributed by atoms with E-state index >= 15 is 0 Å². The first kappa shape index (κ1) is 14.0. The van der Waals surface area contributed by atoms with E-state index in [1.165, 1.54) is 50.6 Å². The summed E-state index contributed by atoms with van der Waals surface area (Å²) in [6.07, 6.45) is 12.0. The topological polar surface area (TPSA) is 28.2 Å². The van der Waals surface area contributed by atoms with Crippen LogP contribution in [0.1, 0.15) is 57.1 Å². The van der Waals surface area contributed by atoms with Gasteiger partial charge in [-0.15, -0.1) is 0 Å². The van der Waals surface area contributed by atoms with Crippen molar-refractivity contribution in [1.29, 1.82) is 0 Å². The van der Waals surface area contributed by atoms with Crippen molar-refractivity contribution in [2.24, 2.45) is 0 Å². The zero-order valence-electron chi connectivity index (χ0n) is 12.6. The molecule has 2 aliphatic rings. The second kappa shape index (κ2) is 6.68. The van der Waals surface area contributed by atoms with Crippen molar-refractivity contribution in [1.82, 2.24) is 15.2 Å². The second-order valence-electron chi connectivity index (χ2n) is 6.24. The number of pyridine rings is 1. The van der Waals surface area contributed by atoms with Crippen molar-refractivity contribution in [2.45, 2.75) is 63.6 Å². The SMILES string of the molecule is CCNC1CCC(N2CCCC2c2ccncc2)CC1.